The van der Waals surface area contributed by atoms with Gasteiger partial charge in [0.2, 0.25) is 0 Å². The molecule has 124 valence electrons. The summed E-state index contributed by atoms with van der Waals surface area (Å²) in [6, 6.07) is 0. The van der Waals surface area contributed by atoms with E-state index in [1.165, 1.54) is 6.92 Å². The summed E-state index contributed by atoms with van der Waals surface area (Å²) in [4.78, 5) is 11.9. The van der Waals surface area contributed by atoms with Crippen LogP contribution in [0.2, 0.25) is 0 Å². The molecule has 0 spiro atoms. The Balaban J connectivity index is 2.79. The standard InChI is InChI=1S/C12H17F6NO2/c1-2-21-9(20)10(19-7-11(13,14)15)5-3-8(4-6-10)12(16,17)18/h8,19H,2-7H2,1H3. The van der Waals surface area contributed by atoms with Crippen LogP contribution in [0, 0.1) is 5.92 Å². The lowest BCUT2D eigenvalue weighted by molar-refractivity contribution is -0.191. The number of halogens is 6. The van der Waals surface area contributed by atoms with E-state index >= 15 is 0 Å². The number of hydrogen-bond acceptors (Lipinski definition) is 3. The highest BCUT2D eigenvalue weighted by molar-refractivity contribution is 5.81. The highest BCUT2D eigenvalue weighted by Gasteiger charge is 2.50. The van der Waals surface area contributed by atoms with Crippen molar-refractivity contribution in [3.8, 4) is 0 Å². The van der Waals surface area contributed by atoms with Gasteiger partial charge in [-0.25, -0.2) is 0 Å². The summed E-state index contributed by atoms with van der Waals surface area (Å²) in [5.41, 5.74) is -1.69. The van der Waals surface area contributed by atoms with Gasteiger partial charge in [-0.1, -0.05) is 0 Å². The predicted molar refractivity (Wildman–Crippen MR) is 61.4 cm³/mol. The second-order valence-corrected chi connectivity index (χ2v) is 5.09. The zero-order valence-corrected chi connectivity index (χ0v) is 11.4. The molecular weight excluding hydrogens is 304 g/mol. The average Bonchev–Trinajstić information content (AvgIpc) is 2.35. The number of carbonyl (C=O) groups excluding carboxylic acids is 1. The Bertz CT molecular complexity index is 358. The monoisotopic (exact) mass is 321 g/mol. The van der Waals surface area contributed by atoms with Crippen molar-refractivity contribution in [3.05, 3.63) is 0 Å². The number of ether oxygens (including phenoxy) is 1. The molecule has 3 nitrogen and oxygen atoms in total. The molecule has 1 aliphatic carbocycles. The van der Waals surface area contributed by atoms with Crippen LogP contribution in [0.1, 0.15) is 32.6 Å². The van der Waals surface area contributed by atoms with Crippen molar-refractivity contribution in [1.82, 2.24) is 5.32 Å². The predicted octanol–water partition coefficient (Wildman–Crippen LogP) is 3.19. The molecule has 1 N–H and O–H groups in total. The summed E-state index contributed by atoms with van der Waals surface area (Å²) >= 11 is 0. The molecule has 0 bridgehead atoms. The van der Waals surface area contributed by atoms with Crippen LogP contribution in [0.25, 0.3) is 0 Å². The Morgan fingerprint density at radius 1 is 1.19 bits per heavy atom. The third kappa shape index (κ3) is 5.05. The molecule has 0 unspecified atom stereocenters. The van der Waals surface area contributed by atoms with E-state index in [-0.39, 0.29) is 19.4 Å². The fourth-order valence-electron chi connectivity index (χ4n) is 2.43. The Kier molecular flexibility index (Phi) is 5.51. The molecular formula is C12H17F6NO2. The molecule has 0 aromatic heterocycles. The van der Waals surface area contributed by atoms with Crippen LogP contribution in [0.15, 0.2) is 0 Å². The van der Waals surface area contributed by atoms with Gasteiger partial charge in [0.1, 0.15) is 5.54 Å². The maximum Gasteiger partial charge on any atom is 0.401 e. The molecule has 1 fully saturated rings. The summed E-state index contributed by atoms with van der Waals surface area (Å²) in [5, 5.41) is 2.06. The molecule has 0 aromatic rings. The molecule has 0 radical (unpaired) electrons. The minimum absolute atomic E-state index is 0.0447. The van der Waals surface area contributed by atoms with E-state index in [0.717, 1.165) is 0 Å². The van der Waals surface area contributed by atoms with Crippen molar-refractivity contribution >= 4 is 5.97 Å². The van der Waals surface area contributed by atoms with Gasteiger partial charge < -0.3 is 4.74 Å². The second kappa shape index (κ2) is 6.41. The minimum atomic E-state index is -4.56. The van der Waals surface area contributed by atoms with Gasteiger partial charge >= 0.3 is 18.3 Å². The lowest BCUT2D eigenvalue weighted by atomic mass is 9.76. The number of hydrogen-bond donors (Lipinski definition) is 1. The fourth-order valence-corrected chi connectivity index (χ4v) is 2.43. The van der Waals surface area contributed by atoms with E-state index in [1.807, 2.05) is 0 Å². The molecule has 9 heteroatoms. The normalized spacial score (nSPS) is 27.5. The second-order valence-electron chi connectivity index (χ2n) is 5.09. The van der Waals surface area contributed by atoms with Gasteiger partial charge in [0.15, 0.2) is 0 Å². The Labute approximate surface area is 118 Å². The van der Waals surface area contributed by atoms with Crippen molar-refractivity contribution in [3.63, 3.8) is 0 Å². The van der Waals surface area contributed by atoms with Gasteiger partial charge in [0, 0.05) is 0 Å². The first-order chi connectivity index (χ1) is 9.50. The molecule has 1 aliphatic rings. The molecule has 0 amide bonds. The van der Waals surface area contributed by atoms with E-state index in [1.54, 1.807) is 0 Å². The highest BCUT2D eigenvalue weighted by Crippen LogP contribution is 2.41. The number of alkyl halides is 6. The first kappa shape index (κ1) is 18.1. The highest BCUT2D eigenvalue weighted by atomic mass is 19.4. The molecule has 0 aliphatic heterocycles. The van der Waals surface area contributed by atoms with Gasteiger partial charge in [-0.15, -0.1) is 0 Å². The first-order valence-electron chi connectivity index (χ1n) is 6.56. The Morgan fingerprint density at radius 2 is 1.71 bits per heavy atom. The summed E-state index contributed by atoms with van der Waals surface area (Å²) in [6.07, 6.45) is -10.4. The lowest BCUT2D eigenvalue weighted by Gasteiger charge is -2.39. The van der Waals surface area contributed by atoms with E-state index in [0.29, 0.717) is 0 Å². The number of esters is 1. The van der Waals surface area contributed by atoms with Crippen LogP contribution >= 0.6 is 0 Å². The van der Waals surface area contributed by atoms with Crippen LogP contribution in [-0.4, -0.2) is 37.0 Å². The van der Waals surface area contributed by atoms with E-state index in [2.05, 4.69) is 5.32 Å². The van der Waals surface area contributed by atoms with Crippen molar-refractivity contribution in [1.29, 1.82) is 0 Å². The maximum atomic E-state index is 12.6. The number of rotatable bonds is 4. The largest absolute Gasteiger partial charge is 0.465 e. The maximum absolute atomic E-state index is 12.6. The van der Waals surface area contributed by atoms with Crippen molar-refractivity contribution < 1.29 is 35.9 Å². The quantitative estimate of drug-likeness (QED) is 0.638. The zero-order valence-electron chi connectivity index (χ0n) is 11.4. The van der Waals surface area contributed by atoms with E-state index in [4.69, 9.17) is 4.74 Å². The number of nitrogens with one attached hydrogen (secondary N) is 1. The van der Waals surface area contributed by atoms with Crippen LogP contribution in [-0.2, 0) is 9.53 Å². The van der Waals surface area contributed by atoms with Gasteiger partial charge in [-0.05, 0) is 32.6 Å². The van der Waals surface area contributed by atoms with Gasteiger partial charge in [0.05, 0.1) is 19.1 Å². The molecule has 21 heavy (non-hydrogen) atoms. The van der Waals surface area contributed by atoms with Crippen molar-refractivity contribution in [2.45, 2.75) is 50.5 Å². The van der Waals surface area contributed by atoms with Crippen LogP contribution in [0.4, 0.5) is 26.3 Å². The lowest BCUT2D eigenvalue weighted by Crippen LogP contribution is -2.57. The molecule has 0 heterocycles. The Morgan fingerprint density at radius 3 is 2.10 bits per heavy atom. The van der Waals surface area contributed by atoms with E-state index < -0.39 is 49.2 Å². The van der Waals surface area contributed by atoms with Crippen molar-refractivity contribution in [2.75, 3.05) is 13.2 Å². The van der Waals surface area contributed by atoms with Crippen LogP contribution < -0.4 is 5.32 Å². The van der Waals surface area contributed by atoms with E-state index in [9.17, 15) is 31.1 Å². The third-order valence-electron chi connectivity index (χ3n) is 3.60. The first-order valence-corrected chi connectivity index (χ1v) is 6.56. The topological polar surface area (TPSA) is 38.3 Å². The van der Waals surface area contributed by atoms with Crippen molar-refractivity contribution in [2.24, 2.45) is 5.92 Å². The fraction of sp³-hybridized carbons (Fsp3) is 0.917. The number of carbonyl (C=O) groups is 1. The zero-order chi connectivity index (χ0) is 16.3. The Hall–Kier alpha value is -0.990. The van der Waals surface area contributed by atoms with Crippen LogP contribution in [0.3, 0.4) is 0 Å². The van der Waals surface area contributed by atoms with Gasteiger partial charge in [0.25, 0.3) is 0 Å². The SMILES string of the molecule is CCOC(=O)C1(NCC(F)(F)F)CCC(C(F)(F)F)CC1. The minimum Gasteiger partial charge on any atom is -0.465 e. The molecule has 0 saturated heterocycles. The molecule has 0 aromatic carbocycles. The smallest absolute Gasteiger partial charge is 0.401 e. The summed E-state index contributed by atoms with van der Waals surface area (Å²) in [5.74, 6) is -2.51. The summed E-state index contributed by atoms with van der Waals surface area (Å²) in [7, 11) is 0. The molecule has 1 saturated carbocycles. The molecule has 0 atom stereocenters. The van der Waals surface area contributed by atoms with Gasteiger partial charge in [-0.3, -0.25) is 10.1 Å². The summed E-state index contributed by atoms with van der Waals surface area (Å²) < 4.78 is 79.4. The molecule has 1 rings (SSSR count). The third-order valence-corrected chi connectivity index (χ3v) is 3.60. The average molecular weight is 321 g/mol. The van der Waals surface area contributed by atoms with Crippen LogP contribution in [0.5, 0.6) is 0 Å². The summed E-state index contributed by atoms with van der Waals surface area (Å²) in [6.45, 7) is -0.00379. The van der Waals surface area contributed by atoms with Gasteiger partial charge in [-0.2, -0.15) is 26.3 Å².